The minimum absolute atomic E-state index is 0.105. The molecule has 0 spiro atoms. The van der Waals surface area contributed by atoms with E-state index < -0.39 is 5.97 Å². The summed E-state index contributed by atoms with van der Waals surface area (Å²) in [5.74, 6) is -0.492. The summed E-state index contributed by atoms with van der Waals surface area (Å²) in [6, 6.07) is 1.74. The molecule has 0 saturated carbocycles. The van der Waals surface area contributed by atoms with Gasteiger partial charge >= 0.3 is 5.97 Å². The highest BCUT2D eigenvalue weighted by molar-refractivity contribution is 5.71. The number of nitrogens with one attached hydrogen (secondary N) is 1. The van der Waals surface area contributed by atoms with E-state index in [0.717, 1.165) is 6.54 Å². The van der Waals surface area contributed by atoms with Gasteiger partial charge in [-0.1, -0.05) is 0 Å². The lowest BCUT2D eigenvalue weighted by molar-refractivity contribution is -0.156. The van der Waals surface area contributed by atoms with Crippen LogP contribution in [0.3, 0.4) is 0 Å². The highest BCUT2D eigenvalue weighted by Gasteiger charge is 2.23. The molecule has 1 N–H and O–H groups in total. The number of morpholine rings is 1. The van der Waals surface area contributed by atoms with Crippen molar-refractivity contribution in [2.45, 2.75) is 25.6 Å². The van der Waals surface area contributed by atoms with Crippen LogP contribution < -0.4 is 5.32 Å². The summed E-state index contributed by atoms with van der Waals surface area (Å²) < 4.78 is 10.4. The van der Waals surface area contributed by atoms with E-state index in [1.807, 2.05) is 0 Å². The van der Waals surface area contributed by atoms with Gasteiger partial charge in [0.15, 0.2) is 0 Å². The molecule has 2 atom stereocenters. The zero-order chi connectivity index (χ0) is 10.4. The van der Waals surface area contributed by atoms with Gasteiger partial charge in [0.05, 0.1) is 12.7 Å². The average Bonchev–Trinajstić information content (AvgIpc) is 2.19. The molecule has 5 nitrogen and oxygen atoms in total. The summed E-state index contributed by atoms with van der Waals surface area (Å²) in [5, 5.41) is 11.4. The Balaban J connectivity index is 2.29. The van der Waals surface area contributed by atoms with E-state index in [0.29, 0.717) is 13.2 Å². The molecule has 0 aromatic carbocycles. The Morgan fingerprint density at radius 3 is 3.21 bits per heavy atom. The van der Waals surface area contributed by atoms with Gasteiger partial charge in [0, 0.05) is 13.1 Å². The van der Waals surface area contributed by atoms with Gasteiger partial charge in [-0.2, -0.15) is 5.26 Å². The summed E-state index contributed by atoms with van der Waals surface area (Å²) in [6.45, 7) is 3.91. The fourth-order valence-corrected chi connectivity index (χ4v) is 1.28. The van der Waals surface area contributed by atoms with Gasteiger partial charge in [0.25, 0.3) is 0 Å². The number of nitrogens with zero attached hydrogens (tertiary/aromatic N) is 1. The molecule has 14 heavy (non-hydrogen) atoms. The van der Waals surface area contributed by atoms with E-state index in [9.17, 15) is 4.79 Å². The van der Waals surface area contributed by atoms with Crippen molar-refractivity contribution in [2.75, 3.05) is 19.7 Å². The quantitative estimate of drug-likeness (QED) is 0.637. The third-order valence-corrected chi connectivity index (χ3v) is 2.02. The molecule has 1 aliphatic rings. The fraction of sp³-hybridized carbons (Fsp3) is 0.778. The van der Waals surface area contributed by atoms with Gasteiger partial charge in [-0.15, -0.1) is 0 Å². The second-order valence-electron chi connectivity index (χ2n) is 3.14. The second kappa shape index (κ2) is 5.58. The Morgan fingerprint density at radius 2 is 2.64 bits per heavy atom. The molecule has 0 aromatic rings. The molecule has 1 rings (SSSR count). The summed E-state index contributed by atoms with van der Waals surface area (Å²) in [5.41, 5.74) is 0. The van der Waals surface area contributed by atoms with Crippen molar-refractivity contribution in [3.05, 3.63) is 0 Å². The number of hydrogen-bond donors (Lipinski definition) is 1. The molecule has 1 fully saturated rings. The van der Waals surface area contributed by atoms with Crippen LogP contribution in [0.15, 0.2) is 0 Å². The molecule has 0 amide bonds. The molecule has 5 heteroatoms. The van der Waals surface area contributed by atoms with E-state index in [2.05, 4.69) is 5.32 Å². The van der Waals surface area contributed by atoms with Gasteiger partial charge in [0.2, 0.25) is 0 Å². The zero-order valence-corrected chi connectivity index (χ0v) is 8.16. The Labute approximate surface area is 83.0 Å². The van der Waals surface area contributed by atoms with E-state index in [4.69, 9.17) is 14.7 Å². The summed E-state index contributed by atoms with van der Waals surface area (Å²) in [6.07, 6.45) is -0.611. The monoisotopic (exact) mass is 198 g/mol. The lowest BCUT2D eigenvalue weighted by Crippen LogP contribution is -2.45. The average molecular weight is 198 g/mol. The topological polar surface area (TPSA) is 71.4 Å². The fourth-order valence-electron chi connectivity index (χ4n) is 1.28. The molecule has 1 heterocycles. The van der Waals surface area contributed by atoms with Crippen LogP contribution in [0.4, 0.5) is 0 Å². The first-order valence-corrected chi connectivity index (χ1v) is 4.63. The molecule has 0 bridgehead atoms. The van der Waals surface area contributed by atoms with Crippen molar-refractivity contribution in [3.8, 4) is 6.07 Å². The van der Waals surface area contributed by atoms with Crippen LogP contribution in [-0.2, 0) is 14.3 Å². The van der Waals surface area contributed by atoms with Crippen molar-refractivity contribution in [3.63, 3.8) is 0 Å². The van der Waals surface area contributed by atoms with Crippen LogP contribution in [-0.4, -0.2) is 37.9 Å². The van der Waals surface area contributed by atoms with Crippen LogP contribution >= 0.6 is 0 Å². The Kier molecular flexibility index (Phi) is 4.36. The first kappa shape index (κ1) is 11.0. The molecule has 1 saturated heterocycles. The number of esters is 1. The molecular weight excluding hydrogens is 184 g/mol. The molecule has 0 aromatic heterocycles. The van der Waals surface area contributed by atoms with Crippen LogP contribution in [0.1, 0.15) is 13.3 Å². The van der Waals surface area contributed by atoms with Gasteiger partial charge < -0.3 is 14.8 Å². The molecule has 2 unspecified atom stereocenters. The van der Waals surface area contributed by atoms with Crippen molar-refractivity contribution >= 4 is 5.97 Å². The molecule has 0 radical (unpaired) electrons. The largest absolute Gasteiger partial charge is 0.459 e. The highest BCUT2D eigenvalue weighted by atomic mass is 16.6. The molecule has 78 valence electrons. The van der Waals surface area contributed by atoms with Crippen molar-refractivity contribution < 1.29 is 14.3 Å². The number of hydrogen-bond acceptors (Lipinski definition) is 5. The third-order valence-electron chi connectivity index (χ3n) is 2.02. The molecular formula is C9H14N2O3. The predicted molar refractivity (Wildman–Crippen MR) is 48.4 cm³/mol. The van der Waals surface area contributed by atoms with Crippen LogP contribution in [0.2, 0.25) is 0 Å². The summed E-state index contributed by atoms with van der Waals surface area (Å²) >= 11 is 0. The van der Waals surface area contributed by atoms with E-state index in [-0.39, 0.29) is 18.6 Å². The van der Waals surface area contributed by atoms with Crippen LogP contribution in [0.5, 0.6) is 0 Å². The highest BCUT2D eigenvalue weighted by Crippen LogP contribution is 2.06. The normalized spacial score (nSPS) is 23.6. The lowest BCUT2D eigenvalue weighted by Gasteiger charge is -2.28. The molecule has 0 aliphatic carbocycles. The zero-order valence-electron chi connectivity index (χ0n) is 8.16. The minimum atomic E-state index is -0.492. The summed E-state index contributed by atoms with van der Waals surface area (Å²) in [7, 11) is 0. The standard InChI is InChI=1S/C9H14N2O3/c1-7(14-9(12)2-3-10)8-6-11-4-5-13-8/h7-8,11H,2,4-6H2,1H3. The van der Waals surface area contributed by atoms with Gasteiger partial charge in [-0.05, 0) is 6.92 Å². The van der Waals surface area contributed by atoms with E-state index >= 15 is 0 Å². The first-order valence-electron chi connectivity index (χ1n) is 4.63. The maximum Gasteiger partial charge on any atom is 0.320 e. The maximum absolute atomic E-state index is 11.0. The Morgan fingerprint density at radius 1 is 1.86 bits per heavy atom. The smallest absolute Gasteiger partial charge is 0.320 e. The van der Waals surface area contributed by atoms with Crippen molar-refractivity contribution in [2.24, 2.45) is 0 Å². The van der Waals surface area contributed by atoms with Crippen LogP contribution in [0, 0.1) is 11.3 Å². The number of ether oxygens (including phenoxy) is 2. The number of nitriles is 1. The lowest BCUT2D eigenvalue weighted by atomic mass is 10.2. The second-order valence-corrected chi connectivity index (χ2v) is 3.14. The van der Waals surface area contributed by atoms with Crippen molar-refractivity contribution in [1.29, 1.82) is 5.26 Å². The maximum atomic E-state index is 11.0. The van der Waals surface area contributed by atoms with E-state index in [1.54, 1.807) is 13.0 Å². The SMILES string of the molecule is CC(OC(=O)CC#N)C1CNCCO1. The Hall–Kier alpha value is -1.12. The summed E-state index contributed by atoms with van der Waals surface area (Å²) in [4.78, 5) is 11.0. The Bertz CT molecular complexity index is 231. The predicted octanol–water partition coefficient (Wildman–Crippen LogP) is -0.180. The number of carbonyl (C=O) groups excluding carboxylic acids is 1. The minimum Gasteiger partial charge on any atom is -0.459 e. The van der Waals surface area contributed by atoms with Crippen LogP contribution in [0.25, 0.3) is 0 Å². The molecule has 1 aliphatic heterocycles. The van der Waals surface area contributed by atoms with E-state index in [1.165, 1.54) is 0 Å². The van der Waals surface area contributed by atoms with Crippen molar-refractivity contribution in [1.82, 2.24) is 5.32 Å². The first-order chi connectivity index (χ1) is 6.74. The third kappa shape index (κ3) is 3.32. The van der Waals surface area contributed by atoms with Gasteiger partial charge in [-0.3, -0.25) is 4.79 Å². The van der Waals surface area contributed by atoms with Gasteiger partial charge in [0.1, 0.15) is 18.6 Å². The number of rotatable bonds is 3. The number of carbonyl (C=O) groups is 1. The van der Waals surface area contributed by atoms with Gasteiger partial charge in [-0.25, -0.2) is 0 Å².